The van der Waals surface area contributed by atoms with Crippen LogP contribution in [0.15, 0.2) is 15.8 Å². The van der Waals surface area contributed by atoms with Gasteiger partial charge in [0.05, 0.1) is 20.0 Å². The molecule has 1 aromatic rings. The molecule has 0 aromatic carbocycles. The van der Waals surface area contributed by atoms with E-state index >= 15 is 0 Å². The average Bonchev–Trinajstić information content (AvgIpc) is 2.78. The van der Waals surface area contributed by atoms with Crippen LogP contribution in [0.1, 0.15) is 11.7 Å². The molecular weight excluding hydrogens is 561 g/mol. The van der Waals surface area contributed by atoms with Gasteiger partial charge in [0.15, 0.2) is 0 Å². The number of phosphoric acid groups is 3. The number of H-pyrrole nitrogens is 2. The van der Waals surface area contributed by atoms with E-state index in [4.69, 9.17) is 4.74 Å². The Bertz CT molecular complexity index is 1010. The third-order valence-corrected chi connectivity index (χ3v) is 6.98. The summed E-state index contributed by atoms with van der Waals surface area (Å²) < 4.78 is 48.3. The molecule has 0 bridgehead atoms. The quantitative estimate of drug-likeness (QED) is 0.166. The zero-order valence-electron chi connectivity index (χ0n) is 17.6. The van der Waals surface area contributed by atoms with Gasteiger partial charge in [-0.25, -0.2) is 9.11 Å². The van der Waals surface area contributed by atoms with Crippen LogP contribution >= 0.6 is 23.5 Å². The molecule has 4 N–H and O–H groups in total. The molecule has 1 fully saturated rings. The zero-order valence-corrected chi connectivity index (χ0v) is 28.3. The number of aliphatic hydroxyl groups is 2. The van der Waals surface area contributed by atoms with Gasteiger partial charge in [0.25, 0.3) is 21.2 Å². The Balaban J connectivity index is -0.00000225. The minimum atomic E-state index is -6.17. The molecule has 0 amide bonds. The van der Waals surface area contributed by atoms with Gasteiger partial charge >= 0.3 is 124 Å². The zero-order chi connectivity index (χ0) is 22.2. The fraction of sp³-hybridized carbons (Fsp3) is 0.556. The number of aromatic nitrogens is 2. The fourth-order valence-electron chi connectivity index (χ4n) is 2.22. The minimum Gasteiger partial charge on any atom is -0.790 e. The average molecular weight is 572 g/mol. The van der Waals surface area contributed by atoms with Gasteiger partial charge in [0, 0.05) is 6.20 Å². The van der Waals surface area contributed by atoms with E-state index in [9.17, 15) is 53.1 Å². The van der Waals surface area contributed by atoms with Crippen molar-refractivity contribution in [3.63, 3.8) is 0 Å². The Labute approximate surface area is 273 Å². The first kappa shape index (κ1) is 40.5. The van der Waals surface area contributed by atoms with Crippen LogP contribution in [-0.2, 0) is 31.6 Å². The third-order valence-electron chi connectivity index (χ3n) is 3.31. The summed E-state index contributed by atoms with van der Waals surface area (Å²) in [6.45, 7) is -1.16. The first-order valence-corrected chi connectivity index (χ1v) is 11.5. The normalized spacial score (nSPS) is 25.8. The van der Waals surface area contributed by atoms with Crippen molar-refractivity contribution >= 4 is 23.5 Å². The van der Waals surface area contributed by atoms with Crippen LogP contribution in [0.4, 0.5) is 0 Å². The monoisotopic (exact) mass is 572 g/mol. The van der Waals surface area contributed by atoms with Crippen molar-refractivity contribution in [2.75, 3.05) is 6.61 Å². The van der Waals surface area contributed by atoms with Crippen molar-refractivity contribution in [3.8, 4) is 0 Å². The maximum absolute atomic E-state index is 11.7. The van der Waals surface area contributed by atoms with Crippen molar-refractivity contribution in [1.29, 1.82) is 0 Å². The van der Waals surface area contributed by atoms with E-state index in [1.165, 1.54) is 0 Å². The van der Waals surface area contributed by atoms with Crippen LogP contribution in [0.3, 0.4) is 0 Å². The summed E-state index contributed by atoms with van der Waals surface area (Å²) in [5.41, 5.74) is -2.19. The maximum atomic E-state index is 11.7. The molecule has 33 heavy (non-hydrogen) atoms. The Kier molecular flexibility index (Phi) is 19.8. The number of phosphoric ester groups is 1. The Hall–Kier alpha value is 2.97. The van der Waals surface area contributed by atoms with E-state index in [1.54, 1.807) is 0 Å². The van der Waals surface area contributed by atoms with Crippen molar-refractivity contribution in [2.45, 2.75) is 24.4 Å². The van der Waals surface area contributed by atoms with Crippen LogP contribution < -0.4 is 149 Å². The smallest absolute Gasteiger partial charge is 0.790 e. The van der Waals surface area contributed by atoms with Gasteiger partial charge in [-0.3, -0.25) is 23.2 Å². The topological polar surface area (TPSA) is 287 Å². The predicted octanol–water partition coefficient (Wildman–Crippen LogP) is -16.9. The molecule has 0 radical (unpaired) electrons. The van der Waals surface area contributed by atoms with E-state index in [-0.39, 0.29) is 124 Å². The molecule has 6 atom stereocenters. The van der Waals surface area contributed by atoms with Crippen LogP contribution in [0, 0.1) is 0 Å². The summed E-state index contributed by atoms with van der Waals surface area (Å²) >= 11 is 0. The molecule has 1 saturated heterocycles. The van der Waals surface area contributed by atoms with Gasteiger partial charge in [-0.1, -0.05) is 0 Å². The van der Waals surface area contributed by atoms with Gasteiger partial charge in [0.1, 0.15) is 24.4 Å². The van der Waals surface area contributed by atoms with Gasteiger partial charge in [-0.05, 0) is 0 Å². The van der Waals surface area contributed by atoms with Gasteiger partial charge in [-0.2, -0.15) is 0 Å². The Morgan fingerprint density at radius 3 is 1.97 bits per heavy atom. The molecule has 2 rings (SSSR count). The molecule has 0 spiro atoms. The predicted molar refractivity (Wildman–Crippen MR) is 78.3 cm³/mol. The Morgan fingerprint density at radius 1 is 0.939 bits per heavy atom. The molecule has 17 nitrogen and oxygen atoms in total. The van der Waals surface area contributed by atoms with E-state index in [2.05, 4.69) is 18.1 Å². The van der Waals surface area contributed by atoms with E-state index in [0.29, 0.717) is 0 Å². The summed E-state index contributed by atoms with van der Waals surface area (Å²) in [5.74, 6) is 0. The van der Waals surface area contributed by atoms with Gasteiger partial charge in [0.2, 0.25) is 0 Å². The number of nitrogens with one attached hydrogen (secondary N) is 2. The van der Waals surface area contributed by atoms with E-state index in [1.807, 2.05) is 4.98 Å². The minimum absolute atomic E-state index is 0. The Morgan fingerprint density at radius 2 is 1.48 bits per heavy atom. The summed E-state index contributed by atoms with van der Waals surface area (Å²) in [4.78, 5) is 69.6. The first-order chi connectivity index (χ1) is 13.1. The van der Waals surface area contributed by atoms with Gasteiger partial charge in [-0.15, -0.1) is 0 Å². The number of hydrogen-bond acceptors (Lipinski definition) is 15. The fourth-order valence-corrected chi connectivity index (χ4v) is 5.09. The number of aromatic amines is 2. The number of ether oxygens (including phenoxy) is 1. The van der Waals surface area contributed by atoms with Crippen LogP contribution in [-0.4, -0.2) is 45.1 Å². The molecule has 1 aromatic heterocycles. The first-order valence-electron chi connectivity index (χ1n) is 7.15. The number of hydrogen-bond donors (Lipinski definition) is 4. The van der Waals surface area contributed by atoms with E-state index in [0.717, 1.165) is 6.20 Å². The van der Waals surface area contributed by atoms with Crippen LogP contribution in [0.25, 0.3) is 0 Å². The second-order valence-electron chi connectivity index (χ2n) is 5.40. The number of aliphatic hydroxyl groups excluding tert-OH is 2. The summed E-state index contributed by atoms with van der Waals surface area (Å²) in [7, 11) is -18.2. The molecule has 1 aliphatic heterocycles. The summed E-state index contributed by atoms with van der Waals surface area (Å²) in [6.07, 6.45) is -5.94. The second kappa shape index (κ2) is 16.2. The molecule has 166 valence electrons. The molecule has 0 saturated carbocycles. The molecule has 1 aliphatic rings. The maximum Gasteiger partial charge on any atom is 1.00 e. The summed E-state index contributed by atoms with van der Waals surface area (Å²) in [5, 5.41) is 19.8. The van der Waals surface area contributed by atoms with Crippen molar-refractivity contribution in [3.05, 3.63) is 32.6 Å². The standard InChI is InChI=1S/C9H15N2O15P3.4Na/c12-5-4(2-23-28(19,20)26-29(21,22)25-27(16,17)18)24-7(6(5)13)3-1-10-9(15)11-8(3)14;;;;/h1,4-7,12-13H,2H2,(H,19,20)(H,21,22)(H2,16,17,18)(H2,10,11,14,15);;;;/q;4*+1/p-4/t4-,5-,6-,7+;;;;/m1..../s1. The SMILES string of the molecule is O=c1[nH]cc([C@@H]2O[C@H](COP(=O)([O-])OP(=O)([O-])OP(=O)([O-])[O-])[C@@H](O)[C@H]2O)c(=O)[nH]1.[Na+].[Na+].[Na+].[Na+]. The molecule has 2 unspecified atom stereocenters. The van der Waals surface area contributed by atoms with Crippen molar-refractivity contribution < 1.29 is 180 Å². The molecule has 2 heterocycles. The van der Waals surface area contributed by atoms with E-state index < -0.39 is 65.7 Å². The number of rotatable bonds is 8. The molecule has 24 heteroatoms. The largest absolute Gasteiger partial charge is 1.00 e. The second-order valence-corrected chi connectivity index (χ2v) is 9.65. The molecule has 0 aliphatic carbocycles. The van der Waals surface area contributed by atoms with Crippen molar-refractivity contribution in [1.82, 2.24) is 9.97 Å². The van der Waals surface area contributed by atoms with Gasteiger partial charge < -0.3 is 48.6 Å². The molecular formula is C9H11N2Na4O15P3. The summed E-state index contributed by atoms with van der Waals surface area (Å²) in [6, 6.07) is 0. The third kappa shape index (κ3) is 13.1. The van der Waals surface area contributed by atoms with Crippen LogP contribution in [0.2, 0.25) is 0 Å². The van der Waals surface area contributed by atoms with Crippen LogP contribution in [0.5, 0.6) is 0 Å². The van der Waals surface area contributed by atoms with Crippen molar-refractivity contribution in [2.24, 2.45) is 0 Å².